The fourth-order valence-corrected chi connectivity index (χ4v) is 3.33. The highest BCUT2D eigenvalue weighted by Gasteiger charge is 2.25. The van der Waals surface area contributed by atoms with E-state index in [1.54, 1.807) is 12.1 Å². The van der Waals surface area contributed by atoms with Crippen LogP contribution in [0.4, 0.5) is 0 Å². The number of nitrogens with zero attached hydrogens (tertiary/aromatic N) is 1. The first-order valence-electron chi connectivity index (χ1n) is 5.96. The molecular weight excluding hydrogens is 252 g/mol. The Bertz CT molecular complexity index is 479. The summed E-state index contributed by atoms with van der Waals surface area (Å²) in [5.74, 6) is 0. The van der Waals surface area contributed by atoms with Crippen molar-refractivity contribution in [3.8, 4) is 0 Å². The molecular formula is C12H18N2O3S. The van der Waals surface area contributed by atoms with Gasteiger partial charge in [-0.3, -0.25) is 0 Å². The average Bonchev–Trinajstić information content (AvgIpc) is 2.41. The first kappa shape index (κ1) is 13.5. The molecule has 0 spiro atoms. The minimum absolute atomic E-state index is 0.351. The van der Waals surface area contributed by atoms with Gasteiger partial charge in [0.2, 0.25) is 10.0 Å². The molecule has 2 rings (SSSR count). The fourth-order valence-electron chi connectivity index (χ4n) is 1.92. The molecule has 0 bridgehead atoms. The predicted octanol–water partition coefficient (Wildman–Crippen LogP) is 0.427. The monoisotopic (exact) mass is 270 g/mol. The first-order chi connectivity index (χ1) is 8.64. The normalized spacial score (nSPS) is 17.8. The Morgan fingerprint density at radius 2 is 1.83 bits per heavy atom. The number of hydrogen-bond acceptors (Lipinski definition) is 4. The summed E-state index contributed by atoms with van der Waals surface area (Å²) in [4.78, 5) is 0.351. The third-order valence-corrected chi connectivity index (χ3v) is 4.82. The highest BCUT2D eigenvalue weighted by Crippen LogP contribution is 2.17. The minimum atomic E-state index is -3.36. The smallest absolute Gasteiger partial charge is 0.243 e. The summed E-state index contributed by atoms with van der Waals surface area (Å²) in [5.41, 5.74) is 1.07. The number of benzene rings is 1. The van der Waals surface area contributed by atoms with Crippen LogP contribution in [0.15, 0.2) is 29.2 Å². The van der Waals surface area contributed by atoms with Gasteiger partial charge in [-0.2, -0.15) is 4.31 Å². The van der Waals surface area contributed by atoms with E-state index in [1.807, 2.05) is 19.2 Å². The molecule has 1 heterocycles. The van der Waals surface area contributed by atoms with Crippen LogP contribution >= 0.6 is 0 Å². The standard InChI is InChI=1S/C12H18N2O3S/c1-13-10-11-2-4-12(5-3-11)18(15,16)14-6-8-17-9-7-14/h2-5,13H,6-10H2,1H3. The zero-order chi connectivity index (χ0) is 13.0. The van der Waals surface area contributed by atoms with Crippen LogP contribution in [0.1, 0.15) is 5.56 Å². The van der Waals surface area contributed by atoms with Crippen LogP contribution in [0, 0.1) is 0 Å². The third kappa shape index (κ3) is 2.89. The molecule has 0 aromatic heterocycles. The van der Waals surface area contributed by atoms with Crippen molar-refractivity contribution >= 4 is 10.0 Å². The molecule has 1 saturated heterocycles. The number of sulfonamides is 1. The van der Waals surface area contributed by atoms with Gasteiger partial charge >= 0.3 is 0 Å². The maximum atomic E-state index is 12.3. The molecule has 1 aromatic rings. The molecule has 0 saturated carbocycles. The van der Waals surface area contributed by atoms with Gasteiger partial charge in [0.25, 0.3) is 0 Å². The van der Waals surface area contributed by atoms with Gasteiger partial charge in [0.15, 0.2) is 0 Å². The van der Waals surface area contributed by atoms with Crippen molar-refractivity contribution in [1.82, 2.24) is 9.62 Å². The van der Waals surface area contributed by atoms with Gasteiger partial charge < -0.3 is 10.1 Å². The van der Waals surface area contributed by atoms with E-state index in [0.29, 0.717) is 31.2 Å². The van der Waals surface area contributed by atoms with E-state index in [1.165, 1.54) is 4.31 Å². The molecule has 5 nitrogen and oxygen atoms in total. The van der Waals surface area contributed by atoms with Gasteiger partial charge in [-0.1, -0.05) is 12.1 Å². The van der Waals surface area contributed by atoms with Gasteiger partial charge in [-0.25, -0.2) is 8.42 Å². The molecule has 1 aromatic carbocycles. The lowest BCUT2D eigenvalue weighted by Crippen LogP contribution is -2.40. The van der Waals surface area contributed by atoms with Crippen molar-refractivity contribution in [2.75, 3.05) is 33.4 Å². The van der Waals surface area contributed by atoms with Gasteiger partial charge in [-0.15, -0.1) is 0 Å². The van der Waals surface area contributed by atoms with Crippen LogP contribution in [-0.2, 0) is 21.3 Å². The van der Waals surface area contributed by atoms with Crippen molar-refractivity contribution in [3.05, 3.63) is 29.8 Å². The number of rotatable bonds is 4. The van der Waals surface area contributed by atoms with Crippen molar-refractivity contribution in [2.45, 2.75) is 11.4 Å². The summed E-state index contributed by atoms with van der Waals surface area (Å²) in [6.07, 6.45) is 0. The van der Waals surface area contributed by atoms with Crippen molar-refractivity contribution in [2.24, 2.45) is 0 Å². The molecule has 100 valence electrons. The van der Waals surface area contributed by atoms with Gasteiger partial charge in [-0.05, 0) is 24.7 Å². The van der Waals surface area contributed by atoms with E-state index < -0.39 is 10.0 Å². The zero-order valence-corrected chi connectivity index (χ0v) is 11.2. The summed E-state index contributed by atoms with van der Waals surface area (Å²) in [5, 5.41) is 3.03. The Kier molecular flexibility index (Phi) is 4.34. The van der Waals surface area contributed by atoms with Gasteiger partial charge in [0.05, 0.1) is 18.1 Å². The van der Waals surface area contributed by atoms with Crippen LogP contribution in [0.2, 0.25) is 0 Å². The molecule has 1 fully saturated rings. The minimum Gasteiger partial charge on any atom is -0.379 e. The van der Waals surface area contributed by atoms with E-state index in [2.05, 4.69) is 5.32 Å². The Morgan fingerprint density at radius 3 is 2.39 bits per heavy atom. The number of nitrogens with one attached hydrogen (secondary N) is 1. The van der Waals surface area contributed by atoms with Crippen LogP contribution in [0.25, 0.3) is 0 Å². The lowest BCUT2D eigenvalue weighted by molar-refractivity contribution is 0.0730. The van der Waals surface area contributed by atoms with Crippen molar-refractivity contribution < 1.29 is 13.2 Å². The lowest BCUT2D eigenvalue weighted by atomic mass is 10.2. The van der Waals surface area contributed by atoms with Crippen LogP contribution in [0.3, 0.4) is 0 Å². The SMILES string of the molecule is CNCc1ccc(S(=O)(=O)N2CCOCC2)cc1. The second-order valence-corrected chi connectivity index (χ2v) is 6.13. The largest absolute Gasteiger partial charge is 0.379 e. The Morgan fingerprint density at radius 1 is 1.22 bits per heavy atom. The van der Waals surface area contributed by atoms with Gasteiger partial charge in [0.1, 0.15) is 0 Å². The topological polar surface area (TPSA) is 58.6 Å². The fraction of sp³-hybridized carbons (Fsp3) is 0.500. The molecule has 0 radical (unpaired) electrons. The number of hydrogen-bond donors (Lipinski definition) is 1. The molecule has 6 heteroatoms. The maximum Gasteiger partial charge on any atom is 0.243 e. The molecule has 1 aliphatic heterocycles. The third-order valence-electron chi connectivity index (χ3n) is 2.91. The highest BCUT2D eigenvalue weighted by molar-refractivity contribution is 7.89. The average molecular weight is 270 g/mol. The van der Waals surface area contributed by atoms with Crippen LogP contribution in [0.5, 0.6) is 0 Å². The van der Waals surface area contributed by atoms with E-state index in [-0.39, 0.29) is 0 Å². The molecule has 0 amide bonds. The van der Waals surface area contributed by atoms with E-state index in [9.17, 15) is 8.42 Å². The summed E-state index contributed by atoms with van der Waals surface area (Å²) < 4.78 is 31.3. The second kappa shape index (κ2) is 5.79. The number of ether oxygens (including phenoxy) is 1. The molecule has 0 atom stereocenters. The number of morpholine rings is 1. The Hall–Kier alpha value is -0.950. The summed E-state index contributed by atoms with van der Waals surface area (Å²) in [6, 6.07) is 7.00. The summed E-state index contributed by atoms with van der Waals surface area (Å²) in [7, 11) is -1.50. The summed E-state index contributed by atoms with van der Waals surface area (Å²) in [6.45, 7) is 2.53. The summed E-state index contributed by atoms with van der Waals surface area (Å²) >= 11 is 0. The predicted molar refractivity (Wildman–Crippen MR) is 68.8 cm³/mol. The van der Waals surface area contributed by atoms with Gasteiger partial charge in [0, 0.05) is 19.6 Å². The maximum absolute atomic E-state index is 12.3. The quantitative estimate of drug-likeness (QED) is 0.862. The zero-order valence-electron chi connectivity index (χ0n) is 10.4. The van der Waals surface area contributed by atoms with E-state index >= 15 is 0 Å². The molecule has 0 aliphatic carbocycles. The molecule has 18 heavy (non-hydrogen) atoms. The van der Waals surface area contributed by atoms with Crippen LogP contribution in [-0.4, -0.2) is 46.1 Å². The molecule has 1 N–H and O–H groups in total. The van der Waals surface area contributed by atoms with Crippen molar-refractivity contribution in [1.29, 1.82) is 0 Å². The van der Waals surface area contributed by atoms with Crippen LogP contribution < -0.4 is 5.32 Å². The lowest BCUT2D eigenvalue weighted by Gasteiger charge is -2.26. The Balaban J connectivity index is 2.18. The van der Waals surface area contributed by atoms with Crippen molar-refractivity contribution in [3.63, 3.8) is 0 Å². The second-order valence-electron chi connectivity index (χ2n) is 4.19. The molecule has 1 aliphatic rings. The van der Waals surface area contributed by atoms with E-state index in [0.717, 1.165) is 12.1 Å². The first-order valence-corrected chi connectivity index (χ1v) is 7.40. The van der Waals surface area contributed by atoms with E-state index in [4.69, 9.17) is 4.74 Å². The highest BCUT2D eigenvalue weighted by atomic mass is 32.2. The Labute approximate surface area is 108 Å². The molecule has 0 unspecified atom stereocenters.